The molecule has 3 rings (SSSR count). The van der Waals surface area contributed by atoms with Gasteiger partial charge in [0.05, 0.1) is 22.9 Å². The van der Waals surface area contributed by atoms with Gasteiger partial charge in [-0.15, -0.1) is 0 Å². The minimum Gasteiger partial charge on any atom is -0.461 e. The summed E-state index contributed by atoms with van der Waals surface area (Å²) in [4.78, 5) is 25.1. The summed E-state index contributed by atoms with van der Waals surface area (Å²) in [6, 6.07) is 16.3. The van der Waals surface area contributed by atoms with Gasteiger partial charge in [-0.05, 0) is 31.2 Å². The number of carbonyl (C=O) groups excluding carboxylic acids is 2. The molecule has 2 aromatic rings. The number of rotatable bonds is 8. The first-order chi connectivity index (χ1) is 14.4. The van der Waals surface area contributed by atoms with E-state index in [9.17, 15) is 18.0 Å². The molecule has 0 radical (unpaired) electrons. The molecule has 1 amide bonds. The molecule has 0 bridgehead atoms. The number of nitrogens with one attached hydrogen (secondary N) is 1. The number of nitrogens with zero attached hydrogens (tertiary/aromatic N) is 2. The van der Waals surface area contributed by atoms with Crippen LogP contribution < -0.4 is 10.3 Å². The lowest BCUT2D eigenvalue weighted by Crippen LogP contribution is -2.44. The fourth-order valence-electron chi connectivity index (χ4n) is 3.04. The second kappa shape index (κ2) is 9.53. The molecular formula is C21H23N3O5S. The third-order valence-electron chi connectivity index (χ3n) is 4.52. The monoisotopic (exact) mass is 429 g/mol. The standard InChI is InChI=1S/C21H23N3O5S/c1-2-29-21(26)18-15-19(24(23-18)16-9-5-3-6-10-16)20(25)22-13-14-30(27,28)17-11-7-4-8-12-17/h3-12,19H,2,13-15H2,1H3,(H,22,25). The number of hydrogen-bond acceptors (Lipinski definition) is 7. The number of carbonyl (C=O) groups is 2. The van der Waals surface area contributed by atoms with Gasteiger partial charge in [0.2, 0.25) is 5.91 Å². The first-order valence-electron chi connectivity index (χ1n) is 9.57. The van der Waals surface area contributed by atoms with Crippen LogP contribution in [0.25, 0.3) is 0 Å². The molecule has 30 heavy (non-hydrogen) atoms. The van der Waals surface area contributed by atoms with Crippen LogP contribution in [0.2, 0.25) is 0 Å². The fourth-order valence-corrected chi connectivity index (χ4v) is 4.22. The van der Waals surface area contributed by atoms with E-state index in [1.165, 1.54) is 17.1 Å². The van der Waals surface area contributed by atoms with Crippen LogP contribution in [0.1, 0.15) is 13.3 Å². The zero-order chi connectivity index (χ0) is 21.6. The van der Waals surface area contributed by atoms with Gasteiger partial charge in [0.1, 0.15) is 11.8 Å². The zero-order valence-corrected chi connectivity index (χ0v) is 17.3. The van der Waals surface area contributed by atoms with Crippen molar-refractivity contribution in [3.05, 3.63) is 60.7 Å². The van der Waals surface area contributed by atoms with Crippen LogP contribution in [-0.2, 0) is 24.2 Å². The summed E-state index contributed by atoms with van der Waals surface area (Å²) in [6.45, 7) is 1.85. The van der Waals surface area contributed by atoms with E-state index in [0.29, 0.717) is 5.69 Å². The van der Waals surface area contributed by atoms with Gasteiger partial charge in [0.15, 0.2) is 9.84 Å². The first-order valence-corrected chi connectivity index (χ1v) is 11.2. The molecule has 1 aliphatic rings. The topological polar surface area (TPSA) is 105 Å². The van der Waals surface area contributed by atoms with Gasteiger partial charge in [-0.2, -0.15) is 5.10 Å². The van der Waals surface area contributed by atoms with Gasteiger partial charge in [-0.3, -0.25) is 9.80 Å². The molecule has 0 fully saturated rings. The number of anilines is 1. The van der Waals surface area contributed by atoms with E-state index >= 15 is 0 Å². The molecule has 0 aliphatic carbocycles. The molecule has 0 aromatic heterocycles. The summed E-state index contributed by atoms with van der Waals surface area (Å²) in [6.07, 6.45) is 0.0744. The summed E-state index contributed by atoms with van der Waals surface area (Å²) < 4.78 is 29.8. The SMILES string of the molecule is CCOC(=O)C1=NN(c2ccccc2)C(C(=O)NCCS(=O)(=O)c2ccccc2)C1. The van der Waals surface area contributed by atoms with Gasteiger partial charge in [-0.1, -0.05) is 36.4 Å². The van der Waals surface area contributed by atoms with E-state index in [2.05, 4.69) is 10.4 Å². The highest BCUT2D eigenvalue weighted by atomic mass is 32.2. The number of amides is 1. The normalized spacial score (nSPS) is 16.1. The van der Waals surface area contributed by atoms with E-state index in [4.69, 9.17) is 4.74 Å². The van der Waals surface area contributed by atoms with Gasteiger partial charge in [-0.25, -0.2) is 13.2 Å². The molecule has 158 valence electrons. The van der Waals surface area contributed by atoms with Crippen molar-refractivity contribution in [3.8, 4) is 0 Å². The number of hydrazone groups is 1. The highest BCUT2D eigenvalue weighted by Crippen LogP contribution is 2.25. The van der Waals surface area contributed by atoms with Crippen LogP contribution in [0.5, 0.6) is 0 Å². The Hall–Kier alpha value is -3.20. The third-order valence-corrected chi connectivity index (χ3v) is 6.25. The summed E-state index contributed by atoms with van der Waals surface area (Å²) in [5.41, 5.74) is 0.798. The Morgan fingerprint density at radius 3 is 2.37 bits per heavy atom. The smallest absolute Gasteiger partial charge is 0.354 e. The summed E-state index contributed by atoms with van der Waals surface area (Å²) >= 11 is 0. The molecule has 1 aliphatic heterocycles. The molecule has 0 saturated heterocycles. The summed E-state index contributed by atoms with van der Waals surface area (Å²) in [5, 5.41) is 8.40. The van der Waals surface area contributed by atoms with Crippen molar-refractivity contribution in [2.24, 2.45) is 5.10 Å². The van der Waals surface area contributed by atoms with E-state index < -0.39 is 27.8 Å². The van der Waals surface area contributed by atoms with Crippen LogP contribution in [0, 0.1) is 0 Å². The average molecular weight is 429 g/mol. The lowest BCUT2D eigenvalue weighted by Gasteiger charge is -2.22. The van der Waals surface area contributed by atoms with Gasteiger partial charge in [0, 0.05) is 13.0 Å². The van der Waals surface area contributed by atoms with Crippen LogP contribution in [0.4, 0.5) is 5.69 Å². The van der Waals surface area contributed by atoms with E-state index in [0.717, 1.165) is 0 Å². The molecule has 0 spiro atoms. The van der Waals surface area contributed by atoms with Crippen molar-refractivity contribution in [1.82, 2.24) is 5.32 Å². The molecular weight excluding hydrogens is 406 g/mol. The Balaban J connectivity index is 1.68. The maximum absolute atomic E-state index is 12.8. The number of ether oxygens (including phenoxy) is 1. The first kappa shape index (κ1) is 21.5. The highest BCUT2D eigenvalue weighted by Gasteiger charge is 2.36. The number of hydrogen-bond donors (Lipinski definition) is 1. The van der Waals surface area contributed by atoms with Crippen molar-refractivity contribution in [3.63, 3.8) is 0 Å². The number of benzene rings is 2. The van der Waals surface area contributed by atoms with E-state index in [-0.39, 0.29) is 35.9 Å². The molecule has 1 heterocycles. The molecule has 1 N–H and O–H groups in total. The molecule has 1 atom stereocenters. The summed E-state index contributed by atoms with van der Waals surface area (Å²) in [5.74, 6) is -1.21. The lowest BCUT2D eigenvalue weighted by molar-refractivity contribution is -0.135. The van der Waals surface area contributed by atoms with Crippen molar-refractivity contribution in [1.29, 1.82) is 0 Å². The highest BCUT2D eigenvalue weighted by molar-refractivity contribution is 7.91. The molecule has 8 nitrogen and oxygen atoms in total. The molecule has 9 heteroatoms. The van der Waals surface area contributed by atoms with Crippen molar-refractivity contribution in [2.75, 3.05) is 23.9 Å². The second-order valence-electron chi connectivity index (χ2n) is 6.59. The Bertz CT molecular complexity index is 1020. The largest absolute Gasteiger partial charge is 0.461 e. The maximum atomic E-state index is 12.8. The van der Waals surface area contributed by atoms with Gasteiger partial charge in [0.25, 0.3) is 0 Å². The van der Waals surface area contributed by atoms with Crippen molar-refractivity contribution < 1.29 is 22.7 Å². The van der Waals surface area contributed by atoms with Crippen LogP contribution in [0.15, 0.2) is 70.7 Å². The predicted octanol–water partition coefficient (Wildman–Crippen LogP) is 1.77. The Morgan fingerprint density at radius 1 is 1.10 bits per heavy atom. The fraction of sp³-hybridized carbons (Fsp3) is 0.286. The number of para-hydroxylation sites is 1. The Labute approximate surface area is 175 Å². The van der Waals surface area contributed by atoms with E-state index in [1.54, 1.807) is 49.4 Å². The van der Waals surface area contributed by atoms with Crippen LogP contribution in [0.3, 0.4) is 0 Å². The quantitative estimate of drug-likeness (QED) is 0.642. The second-order valence-corrected chi connectivity index (χ2v) is 8.70. The Kier molecular flexibility index (Phi) is 6.83. The molecule has 1 unspecified atom stereocenters. The van der Waals surface area contributed by atoms with Crippen LogP contribution >= 0.6 is 0 Å². The maximum Gasteiger partial charge on any atom is 0.354 e. The molecule has 2 aromatic carbocycles. The predicted molar refractivity (Wildman–Crippen MR) is 113 cm³/mol. The van der Waals surface area contributed by atoms with Crippen molar-refractivity contribution in [2.45, 2.75) is 24.3 Å². The summed E-state index contributed by atoms with van der Waals surface area (Å²) in [7, 11) is -3.51. The average Bonchev–Trinajstić information content (AvgIpc) is 3.21. The van der Waals surface area contributed by atoms with Crippen LogP contribution in [-0.4, -0.2) is 51.0 Å². The zero-order valence-electron chi connectivity index (χ0n) is 16.5. The van der Waals surface area contributed by atoms with Gasteiger partial charge < -0.3 is 10.1 Å². The Morgan fingerprint density at radius 2 is 1.73 bits per heavy atom. The minimum atomic E-state index is -3.51. The molecule has 0 saturated carbocycles. The third kappa shape index (κ3) is 5.04. The van der Waals surface area contributed by atoms with Gasteiger partial charge >= 0.3 is 5.97 Å². The number of esters is 1. The lowest BCUT2D eigenvalue weighted by atomic mass is 10.1. The van der Waals surface area contributed by atoms with Crippen molar-refractivity contribution >= 4 is 33.1 Å². The minimum absolute atomic E-state index is 0.0517. The number of sulfone groups is 1. The van der Waals surface area contributed by atoms with E-state index in [1.807, 2.05) is 6.07 Å².